The number of amides is 1. The van der Waals surface area contributed by atoms with Crippen molar-refractivity contribution in [3.8, 4) is 0 Å². The molecule has 0 saturated heterocycles. The van der Waals surface area contributed by atoms with E-state index in [9.17, 15) is 9.59 Å². The van der Waals surface area contributed by atoms with Gasteiger partial charge in [-0.05, 0) is 18.6 Å². The first kappa shape index (κ1) is 12.2. The van der Waals surface area contributed by atoms with Crippen molar-refractivity contribution in [1.29, 1.82) is 0 Å². The van der Waals surface area contributed by atoms with Crippen LogP contribution in [0.1, 0.15) is 29.9 Å². The van der Waals surface area contributed by atoms with Crippen molar-refractivity contribution in [2.75, 3.05) is 6.61 Å². The number of hydrogen-bond donors (Lipinski definition) is 1. The van der Waals surface area contributed by atoms with Crippen LogP contribution in [0.2, 0.25) is 0 Å². The summed E-state index contributed by atoms with van der Waals surface area (Å²) in [5, 5.41) is 2.64. The van der Waals surface area contributed by atoms with Gasteiger partial charge >= 0.3 is 5.97 Å². The van der Waals surface area contributed by atoms with Crippen LogP contribution in [0.3, 0.4) is 0 Å². The highest BCUT2D eigenvalue weighted by Crippen LogP contribution is 2.01. The lowest BCUT2D eigenvalue weighted by Crippen LogP contribution is -2.19. The number of ether oxygens (including phenoxy) is 1. The van der Waals surface area contributed by atoms with Crippen molar-refractivity contribution in [2.45, 2.75) is 20.4 Å². The summed E-state index contributed by atoms with van der Waals surface area (Å²) in [5.41, 5.74) is 1.11. The number of aromatic nitrogens is 1. The molecule has 1 rings (SSSR count). The number of carbonyl (C=O) groups is 2. The molecule has 0 atom stereocenters. The van der Waals surface area contributed by atoms with E-state index < -0.39 is 5.97 Å². The fraction of sp³-hybridized carbons (Fsp3) is 0.364. The van der Waals surface area contributed by atoms with Gasteiger partial charge in [-0.15, -0.1) is 0 Å². The summed E-state index contributed by atoms with van der Waals surface area (Å²) in [4.78, 5) is 25.9. The van der Waals surface area contributed by atoms with E-state index >= 15 is 0 Å². The molecule has 0 fully saturated rings. The zero-order valence-electron chi connectivity index (χ0n) is 9.32. The van der Waals surface area contributed by atoms with Crippen LogP contribution in [0.15, 0.2) is 18.3 Å². The minimum atomic E-state index is -0.437. The largest absolute Gasteiger partial charge is 0.461 e. The molecule has 1 amide bonds. The van der Waals surface area contributed by atoms with E-state index in [1.807, 2.05) is 0 Å². The van der Waals surface area contributed by atoms with Crippen LogP contribution in [0.25, 0.3) is 0 Å². The lowest BCUT2D eigenvalue weighted by molar-refractivity contribution is -0.119. The molecule has 0 saturated carbocycles. The topological polar surface area (TPSA) is 68.3 Å². The van der Waals surface area contributed by atoms with Gasteiger partial charge in [0.1, 0.15) is 5.69 Å². The number of nitrogens with one attached hydrogen (secondary N) is 1. The molecule has 0 aliphatic heterocycles. The maximum absolute atomic E-state index is 11.3. The minimum Gasteiger partial charge on any atom is -0.461 e. The molecule has 5 heteroatoms. The lowest BCUT2D eigenvalue weighted by Gasteiger charge is -2.03. The average molecular weight is 222 g/mol. The fourth-order valence-electron chi connectivity index (χ4n) is 1.08. The fourth-order valence-corrected chi connectivity index (χ4v) is 1.08. The van der Waals surface area contributed by atoms with Gasteiger partial charge in [0.2, 0.25) is 5.91 Å². The third-order valence-corrected chi connectivity index (χ3v) is 1.85. The smallest absolute Gasteiger partial charge is 0.356 e. The Balaban J connectivity index is 2.60. The molecule has 0 aliphatic rings. The van der Waals surface area contributed by atoms with Gasteiger partial charge < -0.3 is 10.1 Å². The molecule has 1 aromatic rings. The van der Waals surface area contributed by atoms with Gasteiger partial charge in [-0.3, -0.25) is 4.79 Å². The summed E-state index contributed by atoms with van der Waals surface area (Å²) < 4.78 is 4.79. The summed E-state index contributed by atoms with van der Waals surface area (Å²) in [6.07, 6.45) is 1.54. The Kier molecular flexibility index (Phi) is 4.44. The third kappa shape index (κ3) is 3.68. The van der Waals surface area contributed by atoms with Crippen LogP contribution in [0, 0.1) is 0 Å². The number of pyridine rings is 1. The highest BCUT2D eigenvalue weighted by atomic mass is 16.5. The molecular weight excluding hydrogens is 208 g/mol. The van der Waals surface area contributed by atoms with Gasteiger partial charge in [0.15, 0.2) is 0 Å². The molecule has 1 aromatic heterocycles. The molecule has 1 N–H and O–H groups in total. The Hall–Kier alpha value is -1.91. The maximum atomic E-state index is 11.3. The van der Waals surface area contributed by atoms with Crippen LogP contribution in [-0.2, 0) is 16.1 Å². The molecule has 1 heterocycles. The first-order valence-corrected chi connectivity index (χ1v) is 5.00. The maximum Gasteiger partial charge on any atom is 0.356 e. The SMILES string of the molecule is CCOC(=O)c1ccc(CNC(C)=O)cn1. The van der Waals surface area contributed by atoms with Crippen molar-refractivity contribution in [3.63, 3.8) is 0 Å². The molecule has 0 bridgehead atoms. The second-order valence-corrected chi connectivity index (χ2v) is 3.18. The molecule has 0 radical (unpaired) electrons. The van der Waals surface area contributed by atoms with Crippen LogP contribution in [0.5, 0.6) is 0 Å². The van der Waals surface area contributed by atoms with Crippen molar-refractivity contribution in [2.24, 2.45) is 0 Å². The zero-order valence-corrected chi connectivity index (χ0v) is 9.32. The summed E-state index contributed by atoms with van der Waals surface area (Å²) >= 11 is 0. The lowest BCUT2D eigenvalue weighted by atomic mass is 10.2. The van der Waals surface area contributed by atoms with E-state index in [2.05, 4.69) is 10.3 Å². The van der Waals surface area contributed by atoms with Crippen molar-refractivity contribution in [3.05, 3.63) is 29.6 Å². The third-order valence-electron chi connectivity index (χ3n) is 1.85. The number of hydrogen-bond acceptors (Lipinski definition) is 4. The summed E-state index contributed by atoms with van der Waals surface area (Å²) in [6.45, 7) is 3.92. The second-order valence-electron chi connectivity index (χ2n) is 3.18. The second kappa shape index (κ2) is 5.85. The van der Waals surface area contributed by atoms with Crippen LogP contribution >= 0.6 is 0 Å². The van der Waals surface area contributed by atoms with Crippen molar-refractivity contribution >= 4 is 11.9 Å². The highest BCUT2D eigenvalue weighted by Gasteiger charge is 2.07. The standard InChI is InChI=1S/C11H14N2O3/c1-3-16-11(15)10-5-4-9(7-13-10)6-12-8(2)14/h4-5,7H,3,6H2,1-2H3,(H,12,14). The molecule has 5 nitrogen and oxygen atoms in total. The molecule has 86 valence electrons. The van der Waals surface area contributed by atoms with Gasteiger partial charge in [0.25, 0.3) is 0 Å². The van der Waals surface area contributed by atoms with Crippen LogP contribution < -0.4 is 5.32 Å². The number of esters is 1. The van der Waals surface area contributed by atoms with Gasteiger partial charge in [-0.1, -0.05) is 6.07 Å². The van der Waals surface area contributed by atoms with Gasteiger partial charge in [0.05, 0.1) is 6.61 Å². The Morgan fingerprint density at radius 2 is 2.19 bits per heavy atom. The van der Waals surface area contributed by atoms with Gasteiger partial charge in [0, 0.05) is 19.7 Å². The molecular formula is C11H14N2O3. The molecule has 0 unspecified atom stereocenters. The van der Waals surface area contributed by atoms with Crippen LogP contribution in [0.4, 0.5) is 0 Å². The average Bonchev–Trinajstić information content (AvgIpc) is 2.27. The van der Waals surface area contributed by atoms with E-state index in [0.29, 0.717) is 13.2 Å². The van der Waals surface area contributed by atoms with E-state index in [1.54, 1.807) is 25.3 Å². The number of carbonyl (C=O) groups excluding carboxylic acids is 2. The summed E-state index contributed by atoms with van der Waals surface area (Å²) in [6, 6.07) is 3.31. The predicted octanol–water partition coefficient (Wildman–Crippen LogP) is 0.894. The Morgan fingerprint density at radius 1 is 1.44 bits per heavy atom. The summed E-state index contributed by atoms with van der Waals surface area (Å²) in [5.74, 6) is -0.539. The van der Waals surface area contributed by atoms with Crippen molar-refractivity contribution in [1.82, 2.24) is 10.3 Å². The first-order chi connectivity index (χ1) is 7.63. The van der Waals surface area contributed by atoms with Crippen LogP contribution in [-0.4, -0.2) is 23.5 Å². The first-order valence-electron chi connectivity index (χ1n) is 5.00. The molecule has 0 spiro atoms. The zero-order chi connectivity index (χ0) is 12.0. The predicted molar refractivity (Wildman–Crippen MR) is 57.7 cm³/mol. The Morgan fingerprint density at radius 3 is 2.69 bits per heavy atom. The monoisotopic (exact) mass is 222 g/mol. The molecule has 0 aliphatic carbocycles. The minimum absolute atomic E-state index is 0.102. The van der Waals surface area contributed by atoms with Gasteiger partial charge in [-0.2, -0.15) is 0 Å². The number of rotatable bonds is 4. The van der Waals surface area contributed by atoms with Gasteiger partial charge in [-0.25, -0.2) is 9.78 Å². The van der Waals surface area contributed by atoms with E-state index in [4.69, 9.17) is 4.74 Å². The van der Waals surface area contributed by atoms with Crippen molar-refractivity contribution < 1.29 is 14.3 Å². The Bertz CT molecular complexity index is 373. The normalized spacial score (nSPS) is 9.62. The summed E-state index contributed by atoms with van der Waals surface area (Å²) in [7, 11) is 0. The highest BCUT2D eigenvalue weighted by molar-refractivity contribution is 5.87. The number of nitrogens with zero attached hydrogens (tertiary/aromatic N) is 1. The molecule has 16 heavy (non-hydrogen) atoms. The van der Waals surface area contributed by atoms with E-state index in [0.717, 1.165) is 5.56 Å². The quantitative estimate of drug-likeness (QED) is 0.768. The molecule has 0 aromatic carbocycles. The Labute approximate surface area is 93.8 Å². The van der Waals surface area contributed by atoms with E-state index in [-0.39, 0.29) is 11.6 Å². The van der Waals surface area contributed by atoms with E-state index in [1.165, 1.54) is 6.92 Å².